The van der Waals surface area contributed by atoms with Crippen LogP contribution in [0.1, 0.15) is 12.0 Å². The van der Waals surface area contributed by atoms with Crippen molar-refractivity contribution >= 4 is 11.7 Å². The van der Waals surface area contributed by atoms with Crippen LogP contribution in [-0.4, -0.2) is 73.9 Å². The zero-order valence-corrected chi connectivity index (χ0v) is 14.5. The second-order valence-corrected chi connectivity index (χ2v) is 6.51. The molecule has 2 amide bonds. The van der Waals surface area contributed by atoms with Gasteiger partial charge in [-0.3, -0.25) is 4.90 Å². The number of methoxy groups -OCH3 is 1. The largest absolute Gasteiger partial charge is 0.480 e. The Hall–Kier alpha value is -1.86. The monoisotopic (exact) mass is 334 g/mol. The molecule has 132 valence electrons. The standard InChI is InChI=1S/C17H26N4O3/c1-13-9-15(16(23-2)18-10-13)19-17(22)21-4-3-14(12-21)11-20-5-7-24-8-6-20/h9-10,14H,3-8,11-12H2,1-2H3,(H,19,22)/t14-/m0/s1. The Bertz CT molecular complexity index is 575. The molecule has 0 aromatic carbocycles. The average molecular weight is 334 g/mol. The van der Waals surface area contributed by atoms with Gasteiger partial charge in [0.15, 0.2) is 0 Å². The van der Waals surface area contributed by atoms with Crippen molar-refractivity contribution in [2.45, 2.75) is 13.3 Å². The third kappa shape index (κ3) is 4.15. The number of aryl methyl sites for hydroxylation is 1. The van der Waals surface area contributed by atoms with Gasteiger partial charge in [-0.25, -0.2) is 9.78 Å². The van der Waals surface area contributed by atoms with Gasteiger partial charge < -0.3 is 19.7 Å². The number of carbonyl (C=O) groups excluding carboxylic acids is 1. The van der Waals surface area contributed by atoms with E-state index in [9.17, 15) is 4.79 Å². The van der Waals surface area contributed by atoms with E-state index >= 15 is 0 Å². The molecule has 0 bridgehead atoms. The van der Waals surface area contributed by atoms with E-state index in [0.29, 0.717) is 17.5 Å². The van der Waals surface area contributed by atoms with Crippen LogP contribution in [0.3, 0.4) is 0 Å². The number of carbonyl (C=O) groups is 1. The number of likely N-dealkylation sites (tertiary alicyclic amines) is 1. The van der Waals surface area contributed by atoms with Crippen LogP contribution < -0.4 is 10.1 Å². The summed E-state index contributed by atoms with van der Waals surface area (Å²) in [5.41, 5.74) is 1.61. The highest BCUT2D eigenvalue weighted by Crippen LogP contribution is 2.24. The molecule has 3 rings (SSSR count). The highest BCUT2D eigenvalue weighted by molar-refractivity contribution is 5.90. The van der Waals surface area contributed by atoms with Crippen molar-refractivity contribution < 1.29 is 14.3 Å². The maximum Gasteiger partial charge on any atom is 0.322 e. The molecule has 0 aliphatic carbocycles. The minimum absolute atomic E-state index is 0.0785. The molecule has 1 aromatic heterocycles. The van der Waals surface area contributed by atoms with Crippen LogP contribution in [-0.2, 0) is 4.74 Å². The highest BCUT2D eigenvalue weighted by atomic mass is 16.5. The normalized spacial score (nSPS) is 21.8. The number of urea groups is 1. The lowest BCUT2D eigenvalue weighted by Gasteiger charge is -2.29. The molecule has 2 aliphatic heterocycles. The Morgan fingerprint density at radius 3 is 2.96 bits per heavy atom. The number of anilines is 1. The molecule has 24 heavy (non-hydrogen) atoms. The summed E-state index contributed by atoms with van der Waals surface area (Å²) in [4.78, 5) is 21.0. The van der Waals surface area contributed by atoms with Crippen molar-refractivity contribution in [2.24, 2.45) is 5.92 Å². The van der Waals surface area contributed by atoms with E-state index < -0.39 is 0 Å². The van der Waals surface area contributed by atoms with Gasteiger partial charge in [0, 0.05) is 38.9 Å². The first-order chi connectivity index (χ1) is 11.7. The summed E-state index contributed by atoms with van der Waals surface area (Å²) < 4.78 is 10.6. The number of ether oxygens (including phenoxy) is 2. The Kier molecular flexibility index (Phi) is 5.52. The minimum Gasteiger partial charge on any atom is -0.480 e. The lowest BCUT2D eigenvalue weighted by atomic mass is 10.1. The first-order valence-electron chi connectivity index (χ1n) is 8.52. The molecule has 1 aromatic rings. The molecule has 1 atom stereocenters. The molecule has 7 heteroatoms. The van der Waals surface area contributed by atoms with Gasteiger partial charge in [0.2, 0.25) is 5.88 Å². The summed E-state index contributed by atoms with van der Waals surface area (Å²) in [5, 5.41) is 2.93. The molecule has 7 nitrogen and oxygen atoms in total. The summed E-state index contributed by atoms with van der Waals surface area (Å²) in [6.07, 6.45) is 2.77. The average Bonchev–Trinajstić information content (AvgIpc) is 3.05. The summed E-state index contributed by atoms with van der Waals surface area (Å²) in [6, 6.07) is 1.80. The molecule has 0 saturated carbocycles. The predicted octanol–water partition coefficient (Wildman–Crippen LogP) is 1.58. The van der Waals surface area contributed by atoms with E-state index in [1.54, 1.807) is 13.3 Å². The van der Waals surface area contributed by atoms with E-state index in [0.717, 1.165) is 57.9 Å². The van der Waals surface area contributed by atoms with Crippen LogP contribution in [0.15, 0.2) is 12.3 Å². The first kappa shape index (κ1) is 17.0. The van der Waals surface area contributed by atoms with Crippen LogP contribution in [0.25, 0.3) is 0 Å². The third-order valence-electron chi connectivity index (χ3n) is 4.62. The van der Waals surface area contributed by atoms with Gasteiger partial charge in [-0.05, 0) is 30.9 Å². The maximum absolute atomic E-state index is 12.5. The van der Waals surface area contributed by atoms with Crippen LogP contribution in [0.4, 0.5) is 10.5 Å². The molecular formula is C17H26N4O3. The third-order valence-corrected chi connectivity index (χ3v) is 4.62. The Labute approximate surface area is 142 Å². The molecule has 1 N–H and O–H groups in total. The summed E-state index contributed by atoms with van der Waals surface area (Å²) in [7, 11) is 1.56. The molecule has 2 aliphatic rings. The Morgan fingerprint density at radius 2 is 2.21 bits per heavy atom. The predicted molar refractivity (Wildman–Crippen MR) is 91.5 cm³/mol. The molecular weight excluding hydrogens is 308 g/mol. The van der Waals surface area contributed by atoms with Crippen molar-refractivity contribution in [1.82, 2.24) is 14.8 Å². The molecule has 2 saturated heterocycles. The molecule has 0 radical (unpaired) electrons. The van der Waals surface area contributed by atoms with Gasteiger partial charge in [-0.2, -0.15) is 0 Å². The number of rotatable bonds is 4. The summed E-state index contributed by atoms with van der Waals surface area (Å²) >= 11 is 0. The van der Waals surface area contributed by atoms with Gasteiger partial charge in [-0.1, -0.05) is 0 Å². The summed E-state index contributed by atoms with van der Waals surface area (Å²) in [5.74, 6) is 0.976. The molecule has 0 unspecified atom stereocenters. The van der Waals surface area contributed by atoms with Crippen LogP contribution in [0, 0.1) is 12.8 Å². The van der Waals surface area contributed by atoms with E-state index in [4.69, 9.17) is 9.47 Å². The SMILES string of the molecule is COc1ncc(C)cc1NC(=O)N1CC[C@@H](CN2CCOCC2)C1. The number of hydrogen-bond donors (Lipinski definition) is 1. The van der Waals surface area contributed by atoms with Crippen molar-refractivity contribution in [3.63, 3.8) is 0 Å². The fraction of sp³-hybridized carbons (Fsp3) is 0.647. The highest BCUT2D eigenvalue weighted by Gasteiger charge is 2.28. The molecule has 3 heterocycles. The fourth-order valence-corrected chi connectivity index (χ4v) is 3.32. The van der Waals surface area contributed by atoms with Gasteiger partial charge in [-0.15, -0.1) is 0 Å². The number of pyridine rings is 1. The number of hydrogen-bond acceptors (Lipinski definition) is 5. The smallest absolute Gasteiger partial charge is 0.322 e. The van der Waals surface area contributed by atoms with E-state index in [-0.39, 0.29) is 6.03 Å². The van der Waals surface area contributed by atoms with Crippen molar-refractivity contribution in [3.05, 3.63) is 17.8 Å². The van der Waals surface area contributed by atoms with Crippen LogP contribution >= 0.6 is 0 Å². The van der Waals surface area contributed by atoms with Crippen molar-refractivity contribution in [2.75, 3.05) is 58.4 Å². The van der Waals surface area contributed by atoms with Gasteiger partial charge >= 0.3 is 6.03 Å². The van der Waals surface area contributed by atoms with Crippen molar-refractivity contribution in [3.8, 4) is 5.88 Å². The zero-order valence-electron chi connectivity index (χ0n) is 14.5. The minimum atomic E-state index is -0.0785. The van der Waals surface area contributed by atoms with E-state index in [1.165, 1.54) is 0 Å². The summed E-state index contributed by atoms with van der Waals surface area (Å²) in [6.45, 7) is 8.20. The lowest BCUT2D eigenvalue weighted by Crippen LogP contribution is -2.40. The van der Waals surface area contributed by atoms with Gasteiger partial charge in [0.25, 0.3) is 0 Å². The Balaban J connectivity index is 1.53. The van der Waals surface area contributed by atoms with Gasteiger partial charge in [0.1, 0.15) is 5.69 Å². The number of morpholine rings is 1. The number of nitrogens with zero attached hydrogens (tertiary/aromatic N) is 3. The Morgan fingerprint density at radius 1 is 1.42 bits per heavy atom. The number of nitrogens with one attached hydrogen (secondary N) is 1. The number of aromatic nitrogens is 1. The quantitative estimate of drug-likeness (QED) is 0.906. The lowest BCUT2D eigenvalue weighted by molar-refractivity contribution is 0.0314. The van der Waals surface area contributed by atoms with Gasteiger partial charge in [0.05, 0.1) is 20.3 Å². The first-order valence-corrected chi connectivity index (χ1v) is 8.52. The number of amides is 2. The second kappa shape index (κ2) is 7.81. The molecule has 2 fully saturated rings. The van der Waals surface area contributed by atoms with E-state index in [2.05, 4.69) is 15.2 Å². The second-order valence-electron chi connectivity index (χ2n) is 6.51. The zero-order chi connectivity index (χ0) is 16.9. The van der Waals surface area contributed by atoms with Crippen LogP contribution in [0.2, 0.25) is 0 Å². The maximum atomic E-state index is 12.5. The fourth-order valence-electron chi connectivity index (χ4n) is 3.32. The van der Waals surface area contributed by atoms with Crippen molar-refractivity contribution in [1.29, 1.82) is 0 Å². The molecule has 0 spiro atoms. The topological polar surface area (TPSA) is 66.9 Å². The van der Waals surface area contributed by atoms with Crippen LogP contribution in [0.5, 0.6) is 5.88 Å². The van der Waals surface area contributed by atoms with E-state index in [1.807, 2.05) is 17.9 Å².